The maximum absolute atomic E-state index is 12.8. The van der Waals surface area contributed by atoms with Gasteiger partial charge in [0.1, 0.15) is 5.82 Å². The fourth-order valence-electron chi connectivity index (χ4n) is 3.87. The van der Waals surface area contributed by atoms with Gasteiger partial charge in [-0.05, 0) is 59.5 Å². The number of hydrogen-bond donors (Lipinski definition) is 0. The largest absolute Gasteiger partial charge is 0.371 e. The number of tetrazole rings is 1. The van der Waals surface area contributed by atoms with Gasteiger partial charge in [-0.2, -0.15) is 0 Å². The molecule has 0 saturated carbocycles. The Morgan fingerprint density at radius 2 is 1.90 bits per heavy atom. The highest BCUT2D eigenvalue weighted by Crippen LogP contribution is 2.24. The average Bonchev–Trinajstić information content (AvgIpc) is 3.38. The van der Waals surface area contributed by atoms with E-state index in [1.54, 1.807) is 4.68 Å². The van der Waals surface area contributed by atoms with Gasteiger partial charge in [0.05, 0.1) is 6.54 Å². The van der Waals surface area contributed by atoms with E-state index in [1.807, 2.05) is 49.2 Å². The van der Waals surface area contributed by atoms with Crippen LogP contribution in [0.1, 0.15) is 28.2 Å². The lowest BCUT2D eigenvalue weighted by Gasteiger charge is -2.23. The zero-order valence-electron chi connectivity index (χ0n) is 16.9. The molecule has 0 spiro atoms. The number of anilines is 1. The van der Waals surface area contributed by atoms with Crippen LogP contribution in [0.15, 0.2) is 54.6 Å². The van der Waals surface area contributed by atoms with Crippen LogP contribution in [0.2, 0.25) is 0 Å². The number of nitrogens with zero attached hydrogens (tertiary/aromatic N) is 6. The van der Waals surface area contributed by atoms with Crippen molar-refractivity contribution in [2.75, 3.05) is 31.6 Å². The van der Waals surface area contributed by atoms with E-state index in [0.29, 0.717) is 18.0 Å². The fraction of sp³-hybridized carbons (Fsp3) is 0.364. The Hall–Kier alpha value is -3.22. The second kappa shape index (κ2) is 8.43. The monoisotopic (exact) mass is 390 g/mol. The lowest BCUT2D eigenvalue weighted by Crippen LogP contribution is -2.33. The fourth-order valence-corrected chi connectivity index (χ4v) is 3.87. The van der Waals surface area contributed by atoms with Crippen molar-refractivity contribution in [1.82, 2.24) is 25.1 Å². The van der Waals surface area contributed by atoms with Crippen LogP contribution in [-0.4, -0.2) is 57.7 Å². The number of aromatic nitrogens is 4. The quantitative estimate of drug-likeness (QED) is 0.647. The minimum absolute atomic E-state index is 0.0633. The van der Waals surface area contributed by atoms with Gasteiger partial charge in [0.15, 0.2) is 0 Å². The van der Waals surface area contributed by atoms with E-state index in [-0.39, 0.29) is 5.91 Å². The van der Waals surface area contributed by atoms with Gasteiger partial charge >= 0.3 is 0 Å². The summed E-state index contributed by atoms with van der Waals surface area (Å²) in [7, 11) is 1.89. The average molecular weight is 390 g/mol. The Balaban J connectivity index is 1.33. The smallest absolute Gasteiger partial charge is 0.253 e. The molecule has 2 aromatic carbocycles. The second-order valence-electron chi connectivity index (χ2n) is 7.70. The molecule has 1 fully saturated rings. The maximum Gasteiger partial charge on any atom is 0.253 e. The Labute approximate surface area is 170 Å². The minimum atomic E-state index is 0.0633. The molecule has 3 aromatic rings. The van der Waals surface area contributed by atoms with E-state index in [0.717, 1.165) is 37.4 Å². The lowest BCUT2D eigenvalue weighted by atomic mass is 10.1. The molecule has 7 nitrogen and oxygen atoms in total. The maximum atomic E-state index is 12.8. The van der Waals surface area contributed by atoms with Crippen molar-refractivity contribution in [2.45, 2.75) is 19.9 Å². The van der Waals surface area contributed by atoms with Crippen molar-refractivity contribution < 1.29 is 4.79 Å². The summed E-state index contributed by atoms with van der Waals surface area (Å²) in [4.78, 5) is 17.1. The summed E-state index contributed by atoms with van der Waals surface area (Å²) in [5.41, 5.74) is 3.04. The number of carbonyl (C=O) groups excluding carboxylic acids is 1. The van der Waals surface area contributed by atoms with Crippen LogP contribution in [0.4, 0.5) is 5.69 Å². The van der Waals surface area contributed by atoms with Gasteiger partial charge in [-0.15, -0.1) is 5.10 Å². The third-order valence-corrected chi connectivity index (χ3v) is 5.53. The van der Waals surface area contributed by atoms with Crippen LogP contribution in [0.5, 0.6) is 0 Å². The van der Waals surface area contributed by atoms with Crippen LogP contribution in [0, 0.1) is 12.8 Å². The normalized spacial score (nSPS) is 16.2. The minimum Gasteiger partial charge on any atom is -0.371 e. The van der Waals surface area contributed by atoms with Crippen molar-refractivity contribution in [3.8, 4) is 0 Å². The Bertz CT molecular complexity index is 953. The predicted molar refractivity (Wildman–Crippen MR) is 112 cm³/mol. The van der Waals surface area contributed by atoms with E-state index in [2.05, 4.69) is 44.7 Å². The highest BCUT2D eigenvalue weighted by atomic mass is 16.2. The first-order valence-electron chi connectivity index (χ1n) is 9.97. The third kappa shape index (κ3) is 4.45. The molecule has 150 valence electrons. The lowest BCUT2D eigenvalue weighted by molar-refractivity contribution is 0.0776. The first-order valence-corrected chi connectivity index (χ1v) is 9.97. The van der Waals surface area contributed by atoms with Crippen LogP contribution in [0.25, 0.3) is 0 Å². The number of rotatable bonds is 6. The van der Waals surface area contributed by atoms with Crippen LogP contribution >= 0.6 is 0 Å². The molecule has 1 atom stereocenters. The molecular formula is C22H26N6O. The first-order chi connectivity index (χ1) is 14.1. The third-order valence-electron chi connectivity index (χ3n) is 5.53. The molecule has 0 N–H and O–H groups in total. The van der Waals surface area contributed by atoms with E-state index < -0.39 is 0 Å². The Morgan fingerprint density at radius 1 is 1.14 bits per heavy atom. The molecule has 1 unspecified atom stereocenters. The molecule has 0 aliphatic carbocycles. The van der Waals surface area contributed by atoms with Crippen molar-refractivity contribution in [3.05, 3.63) is 71.5 Å². The second-order valence-corrected chi connectivity index (χ2v) is 7.70. The SMILES string of the molecule is Cc1nnnn1Cc1ccc(C(=O)N(C)CC2CCN(c3ccccc3)C2)cc1. The number of benzene rings is 2. The van der Waals surface area contributed by atoms with E-state index in [9.17, 15) is 4.79 Å². The molecule has 0 radical (unpaired) electrons. The zero-order chi connectivity index (χ0) is 20.2. The van der Waals surface area contributed by atoms with Crippen molar-refractivity contribution in [1.29, 1.82) is 0 Å². The molecule has 7 heteroatoms. The van der Waals surface area contributed by atoms with Crippen molar-refractivity contribution >= 4 is 11.6 Å². The number of carbonyl (C=O) groups is 1. The van der Waals surface area contributed by atoms with Gasteiger partial charge < -0.3 is 9.80 Å². The van der Waals surface area contributed by atoms with Gasteiger partial charge in [-0.25, -0.2) is 4.68 Å². The number of hydrogen-bond acceptors (Lipinski definition) is 5. The zero-order valence-corrected chi connectivity index (χ0v) is 16.9. The standard InChI is InChI=1S/C22H26N6O/c1-17-23-24-25-28(17)16-18-8-10-20(11-9-18)22(29)26(2)14-19-12-13-27(15-19)21-6-4-3-5-7-21/h3-11,19H,12-16H2,1-2H3. The van der Waals surface area contributed by atoms with Crippen LogP contribution in [-0.2, 0) is 6.54 Å². The van der Waals surface area contributed by atoms with E-state index in [4.69, 9.17) is 0 Å². The van der Waals surface area contributed by atoms with Crippen molar-refractivity contribution in [2.24, 2.45) is 5.92 Å². The molecule has 1 amide bonds. The topological polar surface area (TPSA) is 67.2 Å². The molecule has 1 aliphatic heterocycles. The Kier molecular flexibility index (Phi) is 5.55. The number of amides is 1. The molecule has 1 aromatic heterocycles. The summed E-state index contributed by atoms with van der Waals surface area (Å²) in [5, 5.41) is 11.5. The van der Waals surface area contributed by atoms with Gasteiger partial charge in [-0.3, -0.25) is 4.79 Å². The number of aryl methyl sites for hydroxylation is 1. The first kappa shape index (κ1) is 19.1. The summed E-state index contributed by atoms with van der Waals surface area (Å²) in [6, 6.07) is 18.2. The van der Waals surface area contributed by atoms with E-state index >= 15 is 0 Å². The molecule has 4 rings (SSSR count). The molecule has 1 saturated heterocycles. The summed E-state index contributed by atoms with van der Waals surface area (Å²) in [6.07, 6.45) is 1.11. The van der Waals surface area contributed by atoms with Crippen LogP contribution < -0.4 is 4.90 Å². The van der Waals surface area contributed by atoms with Gasteiger partial charge in [0, 0.05) is 37.9 Å². The highest BCUT2D eigenvalue weighted by molar-refractivity contribution is 5.94. The van der Waals surface area contributed by atoms with Crippen LogP contribution in [0.3, 0.4) is 0 Å². The molecule has 0 bridgehead atoms. The summed E-state index contributed by atoms with van der Waals surface area (Å²) < 4.78 is 1.74. The highest BCUT2D eigenvalue weighted by Gasteiger charge is 2.25. The molecular weight excluding hydrogens is 364 g/mol. The number of para-hydroxylation sites is 1. The Morgan fingerprint density at radius 3 is 2.59 bits per heavy atom. The van der Waals surface area contributed by atoms with Gasteiger partial charge in [-0.1, -0.05) is 30.3 Å². The molecule has 29 heavy (non-hydrogen) atoms. The summed E-state index contributed by atoms with van der Waals surface area (Å²) in [6.45, 7) is 5.27. The molecule has 1 aliphatic rings. The predicted octanol–water partition coefficient (Wildman–Crippen LogP) is 2.63. The van der Waals surface area contributed by atoms with Crippen molar-refractivity contribution in [3.63, 3.8) is 0 Å². The van der Waals surface area contributed by atoms with E-state index in [1.165, 1.54) is 5.69 Å². The van der Waals surface area contributed by atoms with Gasteiger partial charge in [0.2, 0.25) is 0 Å². The molecule has 2 heterocycles. The summed E-state index contributed by atoms with van der Waals surface area (Å²) >= 11 is 0. The van der Waals surface area contributed by atoms with Gasteiger partial charge in [0.25, 0.3) is 5.91 Å². The summed E-state index contributed by atoms with van der Waals surface area (Å²) in [5.74, 6) is 1.32.